The van der Waals surface area contributed by atoms with Crippen LogP contribution in [0.5, 0.6) is 0 Å². The predicted molar refractivity (Wildman–Crippen MR) is 75.4 cm³/mol. The van der Waals surface area contributed by atoms with Crippen molar-refractivity contribution in [1.82, 2.24) is 18.4 Å². The number of nitrogens with zero attached hydrogens (tertiary/aromatic N) is 4. The normalized spacial score (nSPS) is 20.3. The van der Waals surface area contributed by atoms with Gasteiger partial charge in [0.2, 0.25) is 0 Å². The van der Waals surface area contributed by atoms with Crippen LogP contribution in [0.1, 0.15) is 25.1 Å². The van der Waals surface area contributed by atoms with Gasteiger partial charge in [0.25, 0.3) is 10.2 Å². The lowest BCUT2D eigenvalue weighted by atomic mass is 10.1. The van der Waals surface area contributed by atoms with Gasteiger partial charge in [0.15, 0.2) is 0 Å². The van der Waals surface area contributed by atoms with Crippen molar-refractivity contribution in [3.8, 4) is 0 Å². The average Bonchev–Trinajstić information content (AvgIpc) is 2.87. The van der Waals surface area contributed by atoms with Crippen LogP contribution in [0.25, 0.3) is 0 Å². The predicted octanol–water partition coefficient (Wildman–Crippen LogP) is 0.473. The van der Waals surface area contributed by atoms with Gasteiger partial charge in [-0.2, -0.15) is 22.1 Å². The summed E-state index contributed by atoms with van der Waals surface area (Å²) in [4.78, 5) is 0. The molecule has 0 saturated carbocycles. The van der Waals surface area contributed by atoms with E-state index in [4.69, 9.17) is 4.74 Å². The zero-order chi connectivity index (χ0) is 14.8. The minimum Gasteiger partial charge on any atom is -0.382 e. The summed E-state index contributed by atoms with van der Waals surface area (Å²) < 4.78 is 34.6. The molecule has 0 fully saturated rings. The number of rotatable bonds is 6. The van der Waals surface area contributed by atoms with Crippen molar-refractivity contribution in [2.45, 2.75) is 25.9 Å². The fourth-order valence-corrected chi connectivity index (χ4v) is 3.46. The lowest BCUT2D eigenvalue weighted by Crippen LogP contribution is -2.46. The molecule has 1 aliphatic heterocycles. The zero-order valence-electron chi connectivity index (χ0n) is 12.2. The molecule has 2 rings (SSSR count). The third-order valence-electron chi connectivity index (χ3n) is 3.44. The van der Waals surface area contributed by atoms with Crippen LogP contribution >= 0.6 is 0 Å². The summed E-state index contributed by atoms with van der Waals surface area (Å²) in [5, 5.41) is 4.30. The first-order valence-electron chi connectivity index (χ1n) is 6.74. The lowest BCUT2D eigenvalue weighted by Gasteiger charge is -2.34. The highest BCUT2D eigenvalue weighted by Crippen LogP contribution is 2.25. The summed E-state index contributed by atoms with van der Waals surface area (Å²) >= 11 is 0. The van der Waals surface area contributed by atoms with Crippen LogP contribution in [0.4, 0.5) is 0 Å². The van der Waals surface area contributed by atoms with Crippen LogP contribution in [0, 0.1) is 0 Å². The summed E-state index contributed by atoms with van der Waals surface area (Å²) in [6.45, 7) is 4.02. The van der Waals surface area contributed by atoms with Crippen LogP contribution in [0.2, 0.25) is 0 Å². The van der Waals surface area contributed by atoms with Gasteiger partial charge in [-0.3, -0.25) is 4.68 Å². The summed E-state index contributed by atoms with van der Waals surface area (Å²) in [5.74, 6) is 0. The molecular formula is C12H22N4O3S. The molecule has 0 aromatic carbocycles. The van der Waals surface area contributed by atoms with Crippen molar-refractivity contribution < 1.29 is 13.2 Å². The van der Waals surface area contributed by atoms with E-state index in [9.17, 15) is 8.42 Å². The smallest absolute Gasteiger partial charge is 0.281 e. The van der Waals surface area contributed by atoms with Gasteiger partial charge in [0.05, 0.1) is 18.3 Å². The van der Waals surface area contributed by atoms with Gasteiger partial charge in [-0.1, -0.05) is 0 Å². The van der Waals surface area contributed by atoms with Crippen molar-refractivity contribution in [2.75, 3.05) is 33.9 Å². The van der Waals surface area contributed by atoms with Crippen LogP contribution in [0.15, 0.2) is 12.3 Å². The second-order valence-corrected chi connectivity index (χ2v) is 7.13. The molecule has 114 valence electrons. The second kappa shape index (κ2) is 6.21. The number of hydrogen-bond donors (Lipinski definition) is 0. The topological polar surface area (TPSA) is 67.7 Å². The maximum Gasteiger partial charge on any atom is 0.281 e. The largest absolute Gasteiger partial charge is 0.382 e. The van der Waals surface area contributed by atoms with Crippen molar-refractivity contribution in [3.63, 3.8) is 0 Å². The van der Waals surface area contributed by atoms with E-state index in [0.717, 1.165) is 12.1 Å². The van der Waals surface area contributed by atoms with Gasteiger partial charge >= 0.3 is 0 Å². The highest BCUT2D eigenvalue weighted by Gasteiger charge is 2.33. The highest BCUT2D eigenvalue weighted by molar-refractivity contribution is 7.86. The Balaban J connectivity index is 2.18. The molecule has 2 heterocycles. The van der Waals surface area contributed by atoms with E-state index in [1.165, 1.54) is 8.61 Å². The van der Waals surface area contributed by atoms with E-state index in [2.05, 4.69) is 5.10 Å². The second-order valence-electron chi connectivity index (χ2n) is 4.99. The molecule has 0 radical (unpaired) electrons. The standard InChI is InChI=1S/C12H22N4O3S/c1-4-19-8-6-12-10-15(20(17,18)14(2)3)9-11-5-7-13-16(11)12/h5,7,12H,4,6,8-10H2,1-3H3/t12-/m0/s1. The summed E-state index contributed by atoms with van der Waals surface area (Å²) in [6, 6.07) is 1.89. The number of aromatic nitrogens is 2. The van der Waals surface area contributed by atoms with Crippen molar-refractivity contribution in [1.29, 1.82) is 0 Å². The molecule has 1 aliphatic rings. The lowest BCUT2D eigenvalue weighted by molar-refractivity contribution is 0.120. The third kappa shape index (κ3) is 3.03. The molecule has 1 aromatic rings. The van der Waals surface area contributed by atoms with Crippen LogP contribution in [-0.2, 0) is 21.5 Å². The Labute approximate surface area is 120 Å². The van der Waals surface area contributed by atoms with Crippen molar-refractivity contribution in [2.24, 2.45) is 0 Å². The summed E-state index contributed by atoms with van der Waals surface area (Å²) in [5.41, 5.74) is 0.920. The molecule has 0 aliphatic carbocycles. The van der Waals surface area contributed by atoms with E-state index >= 15 is 0 Å². The molecule has 1 atom stereocenters. The van der Waals surface area contributed by atoms with Crippen LogP contribution < -0.4 is 0 Å². The van der Waals surface area contributed by atoms with E-state index < -0.39 is 10.2 Å². The Morgan fingerprint density at radius 3 is 2.90 bits per heavy atom. The number of ether oxygens (including phenoxy) is 1. The Hall–Kier alpha value is -0.960. The van der Waals surface area contributed by atoms with Crippen LogP contribution in [-0.4, -0.2) is 60.7 Å². The van der Waals surface area contributed by atoms with Gasteiger partial charge in [-0.05, 0) is 19.4 Å². The maximum absolute atomic E-state index is 12.3. The van der Waals surface area contributed by atoms with Crippen LogP contribution in [0.3, 0.4) is 0 Å². The van der Waals surface area contributed by atoms with E-state index in [0.29, 0.717) is 26.3 Å². The molecule has 0 saturated heterocycles. The molecule has 20 heavy (non-hydrogen) atoms. The molecule has 0 unspecified atom stereocenters. The first kappa shape index (κ1) is 15.4. The summed E-state index contributed by atoms with van der Waals surface area (Å²) in [6.07, 6.45) is 2.47. The Morgan fingerprint density at radius 1 is 1.50 bits per heavy atom. The first-order chi connectivity index (χ1) is 9.46. The van der Waals surface area contributed by atoms with Gasteiger partial charge in [0.1, 0.15) is 0 Å². The minimum absolute atomic E-state index is 0.0232. The third-order valence-corrected chi connectivity index (χ3v) is 5.29. The van der Waals surface area contributed by atoms with Crippen molar-refractivity contribution in [3.05, 3.63) is 18.0 Å². The Kier molecular flexibility index (Phi) is 4.79. The number of fused-ring (bicyclic) bond motifs is 1. The monoisotopic (exact) mass is 302 g/mol. The first-order valence-corrected chi connectivity index (χ1v) is 8.14. The van der Waals surface area contributed by atoms with E-state index in [1.807, 2.05) is 17.7 Å². The average molecular weight is 302 g/mol. The van der Waals surface area contributed by atoms with E-state index in [-0.39, 0.29) is 6.04 Å². The highest BCUT2D eigenvalue weighted by atomic mass is 32.2. The minimum atomic E-state index is -3.40. The molecule has 0 amide bonds. The quantitative estimate of drug-likeness (QED) is 0.717. The molecule has 0 N–H and O–H groups in total. The fraction of sp³-hybridized carbons (Fsp3) is 0.750. The maximum atomic E-state index is 12.3. The number of hydrogen-bond acceptors (Lipinski definition) is 4. The van der Waals surface area contributed by atoms with Gasteiger partial charge in [-0.25, -0.2) is 0 Å². The Morgan fingerprint density at radius 2 is 2.25 bits per heavy atom. The molecule has 7 nitrogen and oxygen atoms in total. The molecule has 0 spiro atoms. The Bertz CT molecular complexity index is 541. The summed E-state index contributed by atoms with van der Waals surface area (Å²) in [7, 11) is -0.295. The van der Waals surface area contributed by atoms with Gasteiger partial charge < -0.3 is 4.74 Å². The van der Waals surface area contributed by atoms with Gasteiger partial charge in [-0.15, -0.1) is 0 Å². The van der Waals surface area contributed by atoms with Gasteiger partial charge in [0, 0.05) is 40.1 Å². The molecule has 1 aromatic heterocycles. The fourth-order valence-electron chi connectivity index (χ4n) is 2.34. The zero-order valence-corrected chi connectivity index (χ0v) is 13.0. The SMILES string of the molecule is CCOCC[C@H]1CN(S(=O)(=O)N(C)C)Cc2ccnn21. The van der Waals surface area contributed by atoms with Crippen molar-refractivity contribution >= 4 is 10.2 Å². The van der Waals surface area contributed by atoms with E-state index in [1.54, 1.807) is 20.3 Å². The molecule has 0 bridgehead atoms. The molecule has 8 heteroatoms. The molecular weight excluding hydrogens is 280 g/mol.